The lowest BCUT2D eigenvalue weighted by molar-refractivity contribution is 0.184. The highest BCUT2D eigenvalue weighted by Gasteiger charge is 2.10. The number of phenols is 1. The van der Waals surface area contributed by atoms with Gasteiger partial charge < -0.3 is 9.84 Å². The van der Waals surface area contributed by atoms with E-state index in [2.05, 4.69) is 21.6 Å². The zero-order chi connectivity index (χ0) is 15.9. The lowest BCUT2D eigenvalue weighted by Crippen LogP contribution is -2.03. The van der Waals surface area contributed by atoms with E-state index in [0.29, 0.717) is 18.0 Å². The first-order chi connectivity index (χ1) is 10.6. The summed E-state index contributed by atoms with van der Waals surface area (Å²) in [7, 11) is 1.58. The van der Waals surface area contributed by atoms with Crippen LogP contribution in [0.15, 0.2) is 35.4 Å². The summed E-state index contributed by atoms with van der Waals surface area (Å²) in [5.74, 6) is 0.589. The van der Waals surface area contributed by atoms with Crippen LogP contribution in [0.4, 0.5) is 5.82 Å². The van der Waals surface area contributed by atoms with Gasteiger partial charge in [0.15, 0.2) is 5.82 Å². The topological polar surface area (TPSA) is 90.5 Å². The molecule has 22 heavy (non-hydrogen) atoms. The fourth-order valence-electron chi connectivity index (χ4n) is 1.94. The predicted molar refractivity (Wildman–Crippen MR) is 83.7 cm³/mol. The van der Waals surface area contributed by atoms with Gasteiger partial charge in [0.1, 0.15) is 17.4 Å². The summed E-state index contributed by atoms with van der Waals surface area (Å²) < 4.78 is 5.10. The molecule has 1 heterocycles. The number of ether oxygens (including phenoxy) is 1. The molecular formula is C16H16N4O2. The van der Waals surface area contributed by atoms with Gasteiger partial charge in [0.25, 0.3) is 0 Å². The fourth-order valence-corrected chi connectivity index (χ4v) is 1.94. The molecule has 0 aliphatic carbocycles. The first-order valence-electron chi connectivity index (χ1n) is 6.61. The van der Waals surface area contributed by atoms with Crippen molar-refractivity contribution in [3.05, 3.63) is 52.7 Å². The second-order valence-corrected chi connectivity index (χ2v) is 4.65. The van der Waals surface area contributed by atoms with Crippen LogP contribution in [-0.4, -0.2) is 23.4 Å². The van der Waals surface area contributed by atoms with Crippen molar-refractivity contribution in [2.24, 2.45) is 5.10 Å². The third-order valence-corrected chi connectivity index (χ3v) is 2.92. The number of aromatic hydroxyl groups is 1. The van der Waals surface area contributed by atoms with E-state index in [1.54, 1.807) is 37.6 Å². The minimum atomic E-state index is 0.196. The van der Waals surface area contributed by atoms with Gasteiger partial charge in [-0.2, -0.15) is 10.4 Å². The third-order valence-electron chi connectivity index (χ3n) is 2.92. The van der Waals surface area contributed by atoms with Gasteiger partial charge in [-0.05, 0) is 42.8 Å². The molecule has 2 N–H and O–H groups in total. The second kappa shape index (κ2) is 7.20. The predicted octanol–water partition coefficient (Wildman–Crippen LogP) is 2.56. The minimum absolute atomic E-state index is 0.196. The number of benzene rings is 1. The van der Waals surface area contributed by atoms with Crippen LogP contribution in [-0.2, 0) is 11.3 Å². The molecule has 0 atom stereocenters. The number of anilines is 1. The largest absolute Gasteiger partial charge is 0.508 e. The Labute approximate surface area is 128 Å². The Morgan fingerprint density at radius 2 is 2.14 bits per heavy atom. The molecule has 0 fully saturated rings. The van der Waals surface area contributed by atoms with E-state index in [9.17, 15) is 10.4 Å². The molecule has 2 rings (SSSR count). The molecule has 0 aliphatic heterocycles. The SMILES string of the molecule is COCc1cc(C)nc(N/N=C\c2ccc(O)cc2)c1C#N. The number of rotatable bonds is 5. The molecule has 0 amide bonds. The van der Waals surface area contributed by atoms with Crippen LogP contribution in [0, 0.1) is 18.3 Å². The zero-order valence-corrected chi connectivity index (χ0v) is 12.4. The van der Waals surface area contributed by atoms with Crippen LogP contribution in [0.2, 0.25) is 0 Å². The van der Waals surface area contributed by atoms with Crippen molar-refractivity contribution >= 4 is 12.0 Å². The Hall–Kier alpha value is -2.91. The van der Waals surface area contributed by atoms with Gasteiger partial charge in [-0.1, -0.05) is 0 Å². The summed E-state index contributed by atoms with van der Waals surface area (Å²) in [6.45, 7) is 2.18. The van der Waals surface area contributed by atoms with Crippen molar-refractivity contribution in [1.29, 1.82) is 5.26 Å². The molecule has 1 aromatic carbocycles. The molecule has 0 saturated carbocycles. The molecule has 0 radical (unpaired) electrons. The van der Waals surface area contributed by atoms with Gasteiger partial charge in [0.2, 0.25) is 0 Å². The Bertz CT molecular complexity index is 718. The van der Waals surface area contributed by atoms with E-state index in [1.807, 2.05) is 13.0 Å². The van der Waals surface area contributed by atoms with Crippen LogP contribution in [0.5, 0.6) is 5.75 Å². The number of hydrogen-bond donors (Lipinski definition) is 2. The maximum atomic E-state index is 9.30. The summed E-state index contributed by atoms with van der Waals surface area (Å²) in [6, 6.07) is 10.5. The summed E-state index contributed by atoms with van der Waals surface area (Å²) in [5.41, 5.74) is 5.55. The average molecular weight is 296 g/mol. The van der Waals surface area contributed by atoms with Gasteiger partial charge in [-0.3, -0.25) is 5.43 Å². The first kappa shape index (κ1) is 15.5. The maximum Gasteiger partial charge on any atom is 0.164 e. The van der Waals surface area contributed by atoms with E-state index in [-0.39, 0.29) is 5.75 Å². The normalized spacial score (nSPS) is 10.6. The monoisotopic (exact) mass is 296 g/mol. The summed E-state index contributed by atoms with van der Waals surface area (Å²) >= 11 is 0. The van der Waals surface area contributed by atoms with Gasteiger partial charge in [-0.25, -0.2) is 4.98 Å². The van der Waals surface area contributed by atoms with E-state index in [4.69, 9.17) is 4.74 Å². The van der Waals surface area contributed by atoms with Crippen LogP contribution in [0.25, 0.3) is 0 Å². The maximum absolute atomic E-state index is 9.30. The Kier molecular flexibility index (Phi) is 5.07. The van der Waals surface area contributed by atoms with Crippen molar-refractivity contribution in [2.45, 2.75) is 13.5 Å². The number of nitrogens with one attached hydrogen (secondary N) is 1. The molecule has 112 valence electrons. The van der Waals surface area contributed by atoms with E-state index in [1.165, 1.54) is 0 Å². The summed E-state index contributed by atoms with van der Waals surface area (Å²) in [4.78, 5) is 4.29. The fraction of sp³-hybridized carbons (Fsp3) is 0.188. The number of nitrogens with zero attached hydrogens (tertiary/aromatic N) is 3. The van der Waals surface area contributed by atoms with Crippen LogP contribution in [0.3, 0.4) is 0 Å². The third kappa shape index (κ3) is 3.81. The van der Waals surface area contributed by atoms with Crippen LogP contribution < -0.4 is 5.43 Å². The number of aryl methyl sites for hydroxylation is 1. The summed E-state index contributed by atoms with van der Waals surface area (Å²) in [5, 5.41) is 22.6. The smallest absolute Gasteiger partial charge is 0.164 e. The van der Waals surface area contributed by atoms with E-state index in [0.717, 1.165) is 16.8 Å². The van der Waals surface area contributed by atoms with Crippen molar-refractivity contribution < 1.29 is 9.84 Å². The lowest BCUT2D eigenvalue weighted by atomic mass is 10.1. The van der Waals surface area contributed by atoms with Gasteiger partial charge in [0, 0.05) is 18.4 Å². The minimum Gasteiger partial charge on any atom is -0.508 e. The molecule has 0 spiro atoms. The van der Waals surface area contributed by atoms with Crippen molar-refractivity contribution in [2.75, 3.05) is 12.5 Å². The second-order valence-electron chi connectivity index (χ2n) is 4.65. The quantitative estimate of drug-likeness (QED) is 0.653. The number of pyridine rings is 1. The Morgan fingerprint density at radius 3 is 2.77 bits per heavy atom. The Morgan fingerprint density at radius 1 is 1.41 bits per heavy atom. The number of hydrogen-bond acceptors (Lipinski definition) is 6. The van der Waals surface area contributed by atoms with Crippen LogP contribution >= 0.6 is 0 Å². The highest BCUT2D eigenvalue weighted by Crippen LogP contribution is 2.19. The first-order valence-corrected chi connectivity index (χ1v) is 6.61. The van der Waals surface area contributed by atoms with Gasteiger partial charge in [-0.15, -0.1) is 0 Å². The number of phenolic OH excluding ortho intramolecular Hbond substituents is 1. The number of nitriles is 1. The van der Waals surface area contributed by atoms with Gasteiger partial charge in [0.05, 0.1) is 12.8 Å². The van der Waals surface area contributed by atoms with Crippen LogP contribution in [0.1, 0.15) is 22.4 Å². The molecule has 1 aromatic heterocycles. The molecule has 0 aliphatic rings. The highest BCUT2D eigenvalue weighted by molar-refractivity contribution is 5.80. The lowest BCUT2D eigenvalue weighted by Gasteiger charge is -2.09. The van der Waals surface area contributed by atoms with Crippen molar-refractivity contribution in [1.82, 2.24) is 4.98 Å². The average Bonchev–Trinajstić information content (AvgIpc) is 2.49. The van der Waals surface area contributed by atoms with E-state index >= 15 is 0 Å². The Balaban J connectivity index is 2.22. The number of methoxy groups -OCH3 is 1. The van der Waals surface area contributed by atoms with E-state index < -0.39 is 0 Å². The molecule has 6 heteroatoms. The molecule has 0 saturated heterocycles. The molecular weight excluding hydrogens is 280 g/mol. The highest BCUT2D eigenvalue weighted by atomic mass is 16.5. The van der Waals surface area contributed by atoms with Gasteiger partial charge >= 0.3 is 0 Å². The molecule has 6 nitrogen and oxygen atoms in total. The number of aromatic nitrogens is 1. The summed E-state index contributed by atoms with van der Waals surface area (Å²) in [6.07, 6.45) is 1.58. The standard InChI is InChI=1S/C16H16N4O2/c1-11-7-13(10-22-2)15(8-17)16(19-11)20-18-9-12-3-5-14(21)6-4-12/h3-7,9,21H,10H2,1-2H3,(H,19,20)/b18-9-. The molecule has 0 bridgehead atoms. The zero-order valence-electron chi connectivity index (χ0n) is 12.4. The van der Waals surface area contributed by atoms with Crippen molar-refractivity contribution in [3.63, 3.8) is 0 Å². The molecule has 2 aromatic rings. The molecule has 0 unspecified atom stereocenters. The van der Waals surface area contributed by atoms with Crippen molar-refractivity contribution in [3.8, 4) is 11.8 Å². The number of hydrazone groups is 1.